The molecule has 1 heterocycles. The van der Waals surface area contributed by atoms with Gasteiger partial charge in [-0.15, -0.1) is 0 Å². The van der Waals surface area contributed by atoms with Gasteiger partial charge in [-0.3, -0.25) is 4.79 Å². The zero-order chi connectivity index (χ0) is 17.3. The molecule has 0 aliphatic carbocycles. The fourth-order valence-corrected chi connectivity index (χ4v) is 2.54. The number of nitrogens with zero attached hydrogens (tertiary/aromatic N) is 2. The lowest BCUT2D eigenvalue weighted by Crippen LogP contribution is -2.17. The van der Waals surface area contributed by atoms with Gasteiger partial charge >= 0.3 is 0 Å². The maximum atomic E-state index is 11.9. The number of carbonyl (C=O) groups is 1. The number of halogens is 1. The number of hydrogen-bond donors (Lipinski definition) is 2. The molecule has 1 aromatic heterocycles. The summed E-state index contributed by atoms with van der Waals surface area (Å²) in [5, 5.41) is 4.29. The van der Waals surface area contributed by atoms with Gasteiger partial charge in [0.2, 0.25) is 11.9 Å². The Kier molecular flexibility index (Phi) is 4.36. The Balaban J connectivity index is 2.10. The minimum atomic E-state index is -0.0945. The second kappa shape index (κ2) is 6.45. The standard InChI is InChI=1S/C18H17ClN4O/c1-10(2)17(24)21-13-5-3-4-11(8-13)16-14-9-12(19)6-7-15(14)22-18(20)23-16/h3-10H,1-2H3,(H,21,24)(H2,20,22,23). The minimum absolute atomic E-state index is 0.0396. The molecule has 0 aliphatic rings. The lowest BCUT2D eigenvalue weighted by Gasteiger charge is -2.11. The number of hydrogen-bond acceptors (Lipinski definition) is 4. The van der Waals surface area contributed by atoms with Gasteiger partial charge in [0.1, 0.15) is 0 Å². The summed E-state index contributed by atoms with van der Waals surface area (Å²) in [6, 6.07) is 12.9. The Morgan fingerprint density at radius 1 is 1.17 bits per heavy atom. The molecular formula is C18H17ClN4O. The molecule has 3 aromatic rings. The average Bonchev–Trinajstić information content (AvgIpc) is 2.54. The van der Waals surface area contributed by atoms with Crippen LogP contribution in [0.2, 0.25) is 5.02 Å². The van der Waals surface area contributed by atoms with Gasteiger partial charge in [-0.25, -0.2) is 9.97 Å². The minimum Gasteiger partial charge on any atom is -0.368 e. The molecule has 0 radical (unpaired) electrons. The summed E-state index contributed by atoms with van der Waals surface area (Å²) in [4.78, 5) is 20.5. The van der Waals surface area contributed by atoms with Crippen LogP contribution in [0.3, 0.4) is 0 Å². The number of aromatic nitrogens is 2. The van der Waals surface area contributed by atoms with Crippen molar-refractivity contribution in [2.45, 2.75) is 13.8 Å². The largest absolute Gasteiger partial charge is 0.368 e. The number of nitrogen functional groups attached to an aromatic ring is 1. The van der Waals surface area contributed by atoms with E-state index in [1.807, 2.05) is 50.2 Å². The van der Waals surface area contributed by atoms with E-state index >= 15 is 0 Å². The normalized spacial score (nSPS) is 11.0. The summed E-state index contributed by atoms with van der Waals surface area (Å²) in [5.74, 6) is 0.0571. The Morgan fingerprint density at radius 2 is 1.96 bits per heavy atom. The van der Waals surface area contributed by atoms with Gasteiger partial charge in [0, 0.05) is 27.6 Å². The Bertz CT molecular complexity index is 924. The number of rotatable bonds is 3. The van der Waals surface area contributed by atoms with Crippen LogP contribution in [-0.4, -0.2) is 15.9 Å². The van der Waals surface area contributed by atoms with Crippen LogP contribution in [0.25, 0.3) is 22.2 Å². The highest BCUT2D eigenvalue weighted by Gasteiger charge is 2.12. The molecule has 0 aliphatic heterocycles. The van der Waals surface area contributed by atoms with Crippen molar-refractivity contribution in [2.75, 3.05) is 11.1 Å². The first-order chi connectivity index (χ1) is 11.4. The number of fused-ring (bicyclic) bond motifs is 1. The fourth-order valence-electron chi connectivity index (χ4n) is 2.37. The quantitative estimate of drug-likeness (QED) is 0.751. The summed E-state index contributed by atoms with van der Waals surface area (Å²) >= 11 is 6.11. The van der Waals surface area contributed by atoms with Gasteiger partial charge in [-0.2, -0.15) is 0 Å². The molecule has 2 aromatic carbocycles. The first kappa shape index (κ1) is 16.2. The van der Waals surface area contributed by atoms with Crippen LogP contribution in [0.1, 0.15) is 13.8 Å². The predicted octanol–water partition coefficient (Wildman–Crippen LogP) is 4.13. The lowest BCUT2D eigenvalue weighted by molar-refractivity contribution is -0.118. The van der Waals surface area contributed by atoms with E-state index in [1.54, 1.807) is 6.07 Å². The molecule has 0 unspecified atom stereocenters. The van der Waals surface area contributed by atoms with Crippen molar-refractivity contribution in [2.24, 2.45) is 5.92 Å². The van der Waals surface area contributed by atoms with Crippen LogP contribution in [0, 0.1) is 5.92 Å². The van der Waals surface area contributed by atoms with E-state index in [0.717, 1.165) is 16.5 Å². The highest BCUT2D eigenvalue weighted by molar-refractivity contribution is 6.31. The van der Waals surface area contributed by atoms with Crippen LogP contribution < -0.4 is 11.1 Å². The number of amides is 1. The summed E-state index contributed by atoms with van der Waals surface area (Å²) in [5.41, 5.74) is 8.77. The van der Waals surface area contributed by atoms with Crippen LogP contribution >= 0.6 is 11.6 Å². The van der Waals surface area contributed by atoms with Gasteiger partial charge in [0.15, 0.2) is 0 Å². The zero-order valence-corrected chi connectivity index (χ0v) is 14.1. The summed E-state index contributed by atoms with van der Waals surface area (Å²) in [6.07, 6.45) is 0. The SMILES string of the molecule is CC(C)C(=O)Nc1cccc(-c2nc(N)nc3ccc(Cl)cc23)c1. The van der Waals surface area contributed by atoms with Crippen LogP contribution in [0.4, 0.5) is 11.6 Å². The van der Waals surface area contributed by atoms with E-state index in [0.29, 0.717) is 16.4 Å². The smallest absolute Gasteiger partial charge is 0.226 e. The Labute approximate surface area is 144 Å². The van der Waals surface area contributed by atoms with Crippen molar-refractivity contribution >= 4 is 40.0 Å². The van der Waals surface area contributed by atoms with Gasteiger partial charge in [-0.1, -0.05) is 37.6 Å². The summed E-state index contributed by atoms with van der Waals surface area (Å²) < 4.78 is 0. The Hall–Kier alpha value is -2.66. The van der Waals surface area contributed by atoms with E-state index in [-0.39, 0.29) is 17.8 Å². The molecule has 3 rings (SSSR count). The molecule has 0 fully saturated rings. The molecular weight excluding hydrogens is 324 g/mol. The maximum absolute atomic E-state index is 11.9. The lowest BCUT2D eigenvalue weighted by atomic mass is 10.1. The average molecular weight is 341 g/mol. The van der Waals surface area contributed by atoms with Gasteiger partial charge < -0.3 is 11.1 Å². The van der Waals surface area contributed by atoms with Crippen molar-refractivity contribution in [3.8, 4) is 11.3 Å². The van der Waals surface area contributed by atoms with Crippen molar-refractivity contribution in [3.05, 3.63) is 47.5 Å². The summed E-state index contributed by atoms with van der Waals surface area (Å²) in [6.45, 7) is 3.69. The van der Waals surface area contributed by atoms with Crippen LogP contribution in [-0.2, 0) is 4.79 Å². The molecule has 0 bridgehead atoms. The molecule has 24 heavy (non-hydrogen) atoms. The molecule has 0 saturated heterocycles. The summed E-state index contributed by atoms with van der Waals surface area (Å²) in [7, 11) is 0. The molecule has 5 nitrogen and oxygen atoms in total. The van der Waals surface area contributed by atoms with E-state index in [2.05, 4.69) is 15.3 Å². The third kappa shape index (κ3) is 3.31. The molecule has 0 atom stereocenters. The maximum Gasteiger partial charge on any atom is 0.226 e. The predicted molar refractivity (Wildman–Crippen MR) is 97.9 cm³/mol. The van der Waals surface area contributed by atoms with Crippen LogP contribution in [0.5, 0.6) is 0 Å². The van der Waals surface area contributed by atoms with E-state index in [9.17, 15) is 4.79 Å². The van der Waals surface area contributed by atoms with Gasteiger partial charge in [0.25, 0.3) is 0 Å². The number of nitrogens with two attached hydrogens (primary N) is 1. The number of benzene rings is 2. The van der Waals surface area contributed by atoms with Crippen LogP contribution in [0.15, 0.2) is 42.5 Å². The number of nitrogens with one attached hydrogen (secondary N) is 1. The zero-order valence-electron chi connectivity index (χ0n) is 13.4. The van der Waals surface area contributed by atoms with E-state index in [4.69, 9.17) is 17.3 Å². The Morgan fingerprint density at radius 3 is 2.71 bits per heavy atom. The molecule has 6 heteroatoms. The fraction of sp³-hybridized carbons (Fsp3) is 0.167. The molecule has 3 N–H and O–H groups in total. The molecule has 1 amide bonds. The van der Waals surface area contributed by atoms with Crippen molar-refractivity contribution in [3.63, 3.8) is 0 Å². The van der Waals surface area contributed by atoms with Gasteiger partial charge in [0.05, 0.1) is 11.2 Å². The molecule has 0 spiro atoms. The highest BCUT2D eigenvalue weighted by atomic mass is 35.5. The second-order valence-electron chi connectivity index (χ2n) is 5.82. The first-order valence-corrected chi connectivity index (χ1v) is 7.96. The topological polar surface area (TPSA) is 80.9 Å². The second-order valence-corrected chi connectivity index (χ2v) is 6.25. The molecule has 122 valence electrons. The van der Waals surface area contributed by atoms with E-state index < -0.39 is 0 Å². The van der Waals surface area contributed by atoms with Gasteiger partial charge in [-0.05, 0) is 30.3 Å². The van der Waals surface area contributed by atoms with Crippen molar-refractivity contribution in [1.82, 2.24) is 9.97 Å². The monoisotopic (exact) mass is 340 g/mol. The molecule has 0 saturated carbocycles. The van der Waals surface area contributed by atoms with E-state index in [1.165, 1.54) is 0 Å². The third-order valence-electron chi connectivity index (χ3n) is 3.60. The highest BCUT2D eigenvalue weighted by Crippen LogP contribution is 2.30. The van der Waals surface area contributed by atoms with Crippen molar-refractivity contribution in [1.29, 1.82) is 0 Å². The number of carbonyl (C=O) groups excluding carboxylic acids is 1. The third-order valence-corrected chi connectivity index (χ3v) is 3.84. The number of anilines is 2. The van der Waals surface area contributed by atoms with Crippen molar-refractivity contribution < 1.29 is 4.79 Å². The first-order valence-electron chi connectivity index (χ1n) is 7.58.